The minimum Gasteiger partial charge on any atom is -0.482 e. The fourth-order valence-corrected chi connectivity index (χ4v) is 6.80. The Labute approximate surface area is 240 Å². The van der Waals surface area contributed by atoms with Crippen LogP contribution in [-0.4, -0.2) is 44.8 Å². The number of aromatic amines is 1. The molecule has 0 saturated heterocycles. The summed E-state index contributed by atoms with van der Waals surface area (Å²) in [6.45, 7) is 0.415. The number of H-pyrrole nitrogens is 1. The van der Waals surface area contributed by atoms with Crippen LogP contribution in [0.4, 0.5) is 5.69 Å². The van der Waals surface area contributed by atoms with E-state index in [0.717, 1.165) is 16.0 Å². The molecule has 1 aliphatic heterocycles. The zero-order valence-corrected chi connectivity index (χ0v) is 23.5. The van der Waals surface area contributed by atoms with E-state index in [2.05, 4.69) is 25.9 Å². The van der Waals surface area contributed by atoms with Crippen molar-refractivity contribution in [3.05, 3.63) is 80.2 Å². The van der Waals surface area contributed by atoms with Gasteiger partial charge in [-0.1, -0.05) is 18.2 Å². The standard InChI is InChI=1S/C28H25N5O6S2/c1-41(38)16-5-2-14(3-6-16)11-29-25(35)17-7-9-20-22(17)23-26(36)32-24(33-28(23)40-20)27(37)30-12-15-4-8-19-18(10-15)31-21(34)13-39-19/h2-6,8,10,17H,7,9,11-13H2,1H3,(H,29,35)(H,30,37)(H,31,34)(H,32,33,36). The number of rotatable bonds is 7. The van der Waals surface area contributed by atoms with E-state index in [1.165, 1.54) is 11.3 Å². The summed E-state index contributed by atoms with van der Waals surface area (Å²) < 4.78 is 16.9. The molecule has 6 rings (SSSR count). The van der Waals surface area contributed by atoms with Gasteiger partial charge in [-0.05, 0) is 53.8 Å². The van der Waals surface area contributed by atoms with Crippen LogP contribution in [0, 0.1) is 0 Å². The monoisotopic (exact) mass is 591 g/mol. The number of anilines is 1. The summed E-state index contributed by atoms with van der Waals surface area (Å²) in [5.74, 6) is -1.04. The van der Waals surface area contributed by atoms with Crippen molar-refractivity contribution in [1.82, 2.24) is 20.6 Å². The van der Waals surface area contributed by atoms with Crippen molar-refractivity contribution in [3.8, 4) is 5.75 Å². The molecule has 2 atom stereocenters. The fourth-order valence-electron chi connectivity index (χ4n) is 5.04. The van der Waals surface area contributed by atoms with Gasteiger partial charge in [0.05, 0.1) is 17.0 Å². The number of hydrogen-bond acceptors (Lipinski definition) is 8. The topological polar surface area (TPSA) is 159 Å². The fraction of sp³-hybridized carbons (Fsp3) is 0.250. The van der Waals surface area contributed by atoms with Gasteiger partial charge in [0.2, 0.25) is 11.7 Å². The van der Waals surface area contributed by atoms with E-state index in [0.29, 0.717) is 51.5 Å². The first kappa shape index (κ1) is 26.8. The predicted octanol–water partition coefficient (Wildman–Crippen LogP) is 2.33. The van der Waals surface area contributed by atoms with Crippen molar-refractivity contribution in [2.45, 2.75) is 36.7 Å². The Morgan fingerprint density at radius 2 is 1.85 bits per heavy atom. The van der Waals surface area contributed by atoms with Crippen molar-refractivity contribution in [2.75, 3.05) is 18.2 Å². The highest BCUT2D eigenvalue weighted by molar-refractivity contribution is 7.84. The van der Waals surface area contributed by atoms with Crippen molar-refractivity contribution >= 4 is 55.8 Å². The van der Waals surface area contributed by atoms with Crippen LogP contribution in [0.5, 0.6) is 5.75 Å². The summed E-state index contributed by atoms with van der Waals surface area (Å²) >= 11 is 1.33. The number of fused-ring (bicyclic) bond motifs is 4. The first-order valence-electron chi connectivity index (χ1n) is 12.9. The second-order valence-corrected chi connectivity index (χ2v) is 12.3. The smallest absolute Gasteiger partial charge is 0.287 e. The molecule has 2 aromatic carbocycles. The highest BCUT2D eigenvalue weighted by Gasteiger charge is 2.34. The van der Waals surface area contributed by atoms with Crippen molar-refractivity contribution in [1.29, 1.82) is 0 Å². The number of aryl methyl sites for hydroxylation is 1. The molecular weight excluding hydrogens is 566 g/mol. The average Bonchev–Trinajstić information content (AvgIpc) is 3.54. The van der Waals surface area contributed by atoms with Gasteiger partial charge < -0.3 is 25.7 Å². The third-order valence-corrected chi connectivity index (χ3v) is 9.16. The lowest BCUT2D eigenvalue weighted by molar-refractivity contribution is -0.122. The van der Waals surface area contributed by atoms with Gasteiger partial charge in [-0.15, -0.1) is 11.3 Å². The maximum absolute atomic E-state index is 13.1. The zero-order valence-electron chi connectivity index (χ0n) is 21.9. The van der Waals surface area contributed by atoms with E-state index in [1.807, 2.05) is 12.1 Å². The summed E-state index contributed by atoms with van der Waals surface area (Å²) in [6.07, 6.45) is 2.84. The van der Waals surface area contributed by atoms with Crippen LogP contribution >= 0.6 is 11.3 Å². The molecule has 0 spiro atoms. The molecule has 4 aromatic rings. The largest absolute Gasteiger partial charge is 0.482 e. The lowest BCUT2D eigenvalue weighted by Gasteiger charge is -2.18. The predicted molar refractivity (Wildman–Crippen MR) is 154 cm³/mol. The molecule has 11 nitrogen and oxygen atoms in total. The molecule has 210 valence electrons. The zero-order chi connectivity index (χ0) is 28.7. The average molecular weight is 592 g/mol. The minimum atomic E-state index is -1.07. The Morgan fingerprint density at radius 3 is 2.63 bits per heavy atom. The van der Waals surface area contributed by atoms with Gasteiger partial charge in [0.25, 0.3) is 17.4 Å². The third kappa shape index (κ3) is 5.37. The molecule has 2 aliphatic rings. The van der Waals surface area contributed by atoms with Crippen LogP contribution in [0.25, 0.3) is 10.2 Å². The molecule has 3 heterocycles. The number of hydrogen-bond donors (Lipinski definition) is 4. The van der Waals surface area contributed by atoms with Crippen LogP contribution in [0.3, 0.4) is 0 Å². The van der Waals surface area contributed by atoms with Crippen LogP contribution in [0.1, 0.15) is 44.5 Å². The Balaban J connectivity index is 1.15. The Bertz CT molecular complexity index is 1800. The van der Waals surface area contributed by atoms with Crippen LogP contribution in [0.15, 0.2) is 52.2 Å². The van der Waals surface area contributed by atoms with E-state index in [-0.39, 0.29) is 30.8 Å². The number of nitrogens with zero attached hydrogens (tertiary/aromatic N) is 1. The molecule has 2 aromatic heterocycles. The SMILES string of the molecule is CS(=O)c1ccc(CNC(=O)C2CCc3sc4nc(C(=O)NCc5ccc6c(c5)NC(=O)CO6)[nH]c(=O)c4c32)cc1. The van der Waals surface area contributed by atoms with Crippen molar-refractivity contribution in [2.24, 2.45) is 0 Å². The normalized spacial score (nSPS) is 16.3. The molecule has 0 radical (unpaired) electrons. The quantitative estimate of drug-likeness (QED) is 0.257. The summed E-state index contributed by atoms with van der Waals surface area (Å²) in [4.78, 5) is 59.8. The van der Waals surface area contributed by atoms with Gasteiger partial charge >= 0.3 is 0 Å². The molecule has 13 heteroatoms. The van der Waals surface area contributed by atoms with Crippen LogP contribution < -0.4 is 26.2 Å². The number of carbonyl (C=O) groups excluding carboxylic acids is 3. The third-order valence-electron chi connectivity index (χ3n) is 7.07. The van der Waals surface area contributed by atoms with Gasteiger partial charge in [0, 0.05) is 39.9 Å². The van der Waals surface area contributed by atoms with E-state index < -0.39 is 28.2 Å². The van der Waals surface area contributed by atoms with Gasteiger partial charge in [-0.3, -0.25) is 23.4 Å². The molecule has 2 unspecified atom stereocenters. The number of aromatic nitrogens is 2. The number of thiophene rings is 1. The summed E-state index contributed by atoms with van der Waals surface area (Å²) in [6, 6.07) is 12.4. The van der Waals surface area contributed by atoms with E-state index in [1.54, 1.807) is 36.6 Å². The van der Waals surface area contributed by atoms with Gasteiger partial charge in [0.15, 0.2) is 6.61 Å². The molecular formula is C28H25N5O6S2. The number of carbonyl (C=O) groups is 3. The van der Waals surface area contributed by atoms with Gasteiger partial charge in [0.1, 0.15) is 10.6 Å². The van der Waals surface area contributed by atoms with Gasteiger partial charge in [-0.25, -0.2) is 4.98 Å². The van der Waals surface area contributed by atoms with E-state index >= 15 is 0 Å². The number of nitrogens with one attached hydrogen (secondary N) is 4. The maximum Gasteiger partial charge on any atom is 0.287 e. The number of ether oxygens (including phenoxy) is 1. The first-order chi connectivity index (χ1) is 19.8. The second kappa shape index (κ2) is 10.9. The summed E-state index contributed by atoms with van der Waals surface area (Å²) in [5.41, 5.74) is 2.35. The molecule has 41 heavy (non-hydrogen) atoms. The summed E-state index contributed by atoms with van der Waals surface area (Å²) in [7, 11) is -1.07. The second-order valence-electron chi connectivity index (χ2n) is 9.79. The van der Waals surface area contributed by atoms with Crippen molar-refractivity contribution < 1.29 is 23.3 Å². The van der Waals surface area contributed by atoms with E-state index in [9.17, 15) is 23.4 Å². The molecule has 0 fully saturated rings. The van der Waals surface area contributed by atoms with E-state index in [4.69, 9.17) is 4.74 Å². The highest BCUT2D eigenvalue weighted by Crippen LogP contribution is 2.42. The lowest BCUT2D eigenvalue weighted by Crippen LogP contribution is -2.29. The maximum atomic E-state index is 13.1. The first-order valence-corrected chi connectivity index (χ1v) is 15.2. The lowest BCUT2D eigenvalue weighted by atomic mass is 10.00. The molecule has 1 aliphatic carbocycles. The molecule has 0 saturated carbocycles. The Kier molecular flexibility index (Phi) is 7.14. The number of amides is 3. The summed E-state index contributed by atoms with van der Waals surface area (Å²) in [5, 5.41) is 8.76. The van der Waals surface area contributed by atoms with Crippen molar-refractivity contribution in [3.63, 3.8) is 0 Å². The Hall–Kier alpha value is -4.36. The number of benzene rings is 2. The van der Waals surface area contributed by atoms with Crippen LogP contribution in [0.2, 0.25) is 0 Å². The minimum absolute atomic E-state index is 0.0411. The molecule has 4 N–H and O–H groups in total. The van der Waals surface area contributed by atoms with Crippen LogP contribution in [-0.2, 0) is 39.9 Å². The molecule has 0 bridgehead atoms. The Morgan fingerprint density at radius 1 is 1.10 bits per heavy atom. The highest BCUT2D eigenvalue weighted by atomic mass is 32.2. The molecule has 3 amide bonds. The van der Waals surface area contributed by atoms with Gasteiger partial charge in [-0.2, -0.15) is 0 Å².